The number of halogens is 4. The Bertz CT molecular complexity index is 1640. The lowest BCUT2D eigenvalue weighted by molar-refractivity contribution is -0.119. The first-order valence-electron chi connectivity index (χ1n) is 13.7. The molecule has 42 heavy (non-hydrogen) atoms. The molecule has 11 heteroatoms. The van der Waals surface area contributed by atoms with Crippen LogP contribution in [-0.2, 0) is 4.79 Å². The number of carbonyl (C=O) groups is 2. The predicted molar refractivity (Wildman–Crippen MR) is 147 cm³/mol. The lowest BCUT2D eigenvalue weighted by Gasteiger charge is -2.38. The molecule has 2 saturated heterocycles. The largest absolute Gasteiger partial charge is 0.361 e. The van der Waals surface area contributed by atoms with E-state index in [1.165, 1.54) is 23.0 Å². The molecule has 6 rings (SSSR count). The third kappa shape index (κ3) is 5.03. The third-order valence-electron chi connectivity index (χ3n) is 8.11. The predicted octanol–water partition coefficient (Wildman–Crippen LogP) is 5.50. The van der Waals surface area contributed by atoms with Crippen LogP contribution in [0.3, 0.4) is 0 Å². The lowest BCUT2D eigenvalue weighted by Crippen LogP contribution is -2.47. The molecule has 2 aromatic heterocycles. The van der Waals surface area contributed by atoms with Gasteiger partial charge in [-0.05, 0) is 67.6 Å². The van der Waals surface area contributed by atoms with Crippen molar-refractivity contribution >= 4 is 17.4 Å². The molecule has 0 spiro atoms. The fraction of sp³-hybridized carbons (Fsp3) is 0.290. The number of carbonyl (C=O) groups excluding carboxylic acids is 2. The number of pyridine rings is 1. The topological polar surface area (TPSA) is 71.3 Å². The van der Waals surface area contributed by atoms with E-state index in [9.17, 15) is 27.2 Å². The van der Waals surface area contributed by atoms with Crippen LogP contribution < -0.4 is 4.90 Å². The Hall–Kier alpha value is -4.54. The highest BCUT2D eigenvalue weighted by Gasteiger charge is 2.40. The minimum atomic E-state index is -1.60. The summed E-state index contributed by atoms with van der Waals surface area (Å²) in [6.45, 7) is 3.03. The molecule has 0 aliphatic carbocycles. The number of anilines is 1. The zero-order valence-corrected chi connectivity index (χ0v) is 22.7. The number of benzene rings is 2. The van der Waals surface area contributed by atoms with Gasteiger partial charge < -0.3 is 9.80 Å². The van der Waals surface area contributed by atoms with Crippen molar-refractivity contribution in [1.82, 2.24) is 19.7 Å². The van der Waals surface area contributed by atoms with Crippen LogP contribution in [0.15, 0.2) is 60.9 Å². The maximum atomic E-state index is 14.1. The van der Waals surface area contributed by atoms with Crippen LogP contribution in [0.4, 0.5) is 23.2 Å². The van der Waals surface area contributed by atoms with Gasteiger partial charge in [0, 0.05) is 61.8 Å². The molecule has 2 aliphatic rings. The van der Waals surface area contributed by atoms with Crippen molar-refractivity contribution in [2.45, 2.75) is 32.2 Å². The van der Waals surface area contributed by atoms with Crippen LogP contribution in [0.1, 0.15) is 35.3 Å². The molecule has 1 amide bonds. The van der Waals surface area contributed by atoms with E-state index < -0.39 is 17.5 Å². The van der Waals surface area contributed by atoms with Gasteiger partial charge in [0.15, 0.2) is 28.9 Å². The average Bonchev–Trinajstić information content (AvgIpc) is 3.62. The van der Waals surface area contributed by atoms with Gasteiger partial charge in [-0.15, -0.1) is 0 Å². The molecule has 1 unspecified atom stereocenters. The van der Waals surface area contributed by atoms with Crippen molar-refractivity contribution in [2.75, 3.05) is 24.5 Å². The van der Waals surface area contributed by atoms with E-state index in [0.29, 0.717) is 55.7 Å². The summed E-state index contributed by atoms with van der Waals surface area (Å²) in [6.07, 6.45) is 4.67. The second kappa shape index (κ2) is 11.0. The Balaban J connectivity index is 1.23. The van der Waals surface area contributed by atoms with Crippen molar-refractivity contribution in [1.29, 1.82) is 0 Å². The van der Waals surface area contributed by atoms with E-state index >= 15 is 0 Å². The minimum Gasteiger partial charge on any atom is -0.361 e. The van der Waals surface area contributed by atoms with Crippen LogP contribution in [-0.4, -0.2) is 57.0 Å². The van der Waals surface area contributed by atoms with E-state index in [1.54, 1.807) is 42.3 Å². The highest BCUT2D eigenvalue weighted by molar-refractivity contribution is 5.94. The molecule has 7 nitrogen and oxygen atoms in total. The molecule has 0 radical (unpaired) electrons. The Morgan fingerprint density at radius 1 is 0.905 bits per heavy atom. The number of nitrogens with zero attached hydrogens (tertiary/aromatic N) is 5. The number of likely N-dealkylation sites (tertiary alicyclic amines) is 1. The zero-order chi connectivity index (χ0) is 29.5. The fourth-order valence-corrected chi connectivity index (χ4v) is 5.95. The fourth-order valence-electron chi connectivity index (χ4n) is 5.95. The van der Waals surface area contributed by atoms with Crippen LogP contribution >= 0.6 is 0 Å². The zero-order valence-electron chi connectivity index (χ0n) is 22.7. The first kappa shape index (κ1) is 27.6. The number of rotatable bonds is 5. The number of aromatic nitrogens is 3. The van der Waals surface area contributed by atoms with Gasteiger partial charge in [0.2, 0.25) is 0 Å². The molecule has 216 valence electrons. The number of amides is 1. The number of piperidine rings is 1. The Morgan fingerprint density at radius 3 is 2.31 bits per heavy atom. The standard InChI is InChI=1S/C31H27F4N5O2/c1-18-13-21(4-5-23(18)32)39-12-8-28(41)30(39)19-6-10-38(11-7-19)31(42)26-16-27(20-3-2-9-36-17-20)40(37-26)22-14-24(33)29(35)25(34)15-22/h2-5,9,13-17,19,30H,6-8,10-12H2,1H3. The summed E-state index contributed by atoms with van der Waals surface area (Å²) in [5.74, 6) is -4.86. The monoisotopic (exact) mass is 577 g/mol. The lowest BCUT2D eigenvalue weighted by atomic mass is 9.87. The normalized spacial score (nSPS) is 17.7. The van der Waals surface area contributed by atoms with Crippen LogP contribution in [0, 0.1) is 36.1 Å². The summed E-state index contributed by atoms with van der Waals surface area (Å²) in [4.78, 5) is 34.3. The molecule has 4 heterocycles. The van der Waals surface area contributed by atoms with E-state index in [4.69, 9.17) is 0 Å². The first-order chi connectivity index (χ1) is 20.2. The second-order valence-electron chi connectivity index (χ2n) is 10.7. The van der Waals surface area contributed by atoms with Gasteiger partial charge in [-0.1, -0.05) is 0 Å². The molecule has 2 aliphatic heterocycles. The molecule has 0 bridgehead atoms. The Morgan fingerprint density at radius 2 is 1.64 bits per heavy atom. The van der Waals surface area contributed by atoms with Crippen LogP contribution in [0.5, 0.6) is 0 Å². The number of Topliss-reactive ketones (excluding diaryl/α,β-unsaturated/α-hetero) is 1. The summed E-state index contributed by atoms with van der Waals surface area (Å²) in [5.41, 5.74) is 2.20. The third-order valence-corrected chi connectivity index (χ3v) is 8.11. The molecule has 0 N–H and O–H groups in total. The smallest absolute Gasteiger partial charge is 0.274 e. The van der Waals surface area contributed by atoms with E-state index in [-0.39, 0.29) is 40.8 Å². The Labute approximate surface area is 239 Å². The van der Waals surface area contributed by atoms with E-state index in [0.717, 1.165) is 17.8 Å². The summed E-state index contributed by atoms with van der Waals surface area (Å²) in [5, 5.41) is 4.37. The van der Waals surface area contributed by atoms with Gasteiger partial charge in [0.05, 0.1) is 17.4 Å². The molecular weight excluding hydrogens is 550 g/mol. The maximum absolute atomic E-state index is 14.1. The molecule has 4 aromatic rings. The highest BCUT2D eigenvalue weighted by atomic mass is 19.2. The summed E-state index contributed by atoms with van der Waals surface area (Å²) < 4.78 is 56.9. The number of hydrogen-bond acceptors (Lipinski definition) is 5. The van der Waals surface area contributed by atoms with Crippen molar-refractivity contribution < 1.29 is 27.2 Å². The minimum absolute atomic E-state index is 0.0167. The van der Waals surface area contributed by atoms with Gasteiger partial charge in [0.1, 0.15) is 5.82 Å². The number of hydrogen-bond donors (Lipinski definition) is 0. The van der Waals surface area contributed by atoms with Gasteiger partial charge in [0.25, 0.3) is 5.91 Å². The maximum Gasteiger partial charge on any atom is 0.274 e. The molecule has 1 atom stereocenters. The highest BCUT2D eigenvalue weighted by Crippen LogP contribution is 2.34. The van der Waals surface area contributed by atoms with Crippen molar-refractivity contribution in [2.24, 2.45) is 5.92 Å². The van der Waals surface area contributed by atoms with Crippen molar-refractivity contribution in [3.63, 3.8) is 0 Å². The van der Waals surface area contributed by atoms with Gasteiger partial charge >= 0.3 is 0 Å². The Kier molecular flexibility index (Phi) is 7.26. The van der Waals surface area contributed by atoms with Gasteiger partial charge in [-0.25, -0.2) is 22.2 Å². The molecule has 2 fully saturated rings. The van der Waals surface area contributed by atoms with Crippen molar-refractivity contribution in [3.05, 3.63) is 95.5 Å². The molecular formula is C31H27F4N5O2. The quantitative estimate of drug-likeness (QED) is 0.232. The summed E-state index contributed by atoms with van der Waals surface area (Å²) in [7, 11) is 0. The van der Waals surface area contributed by atoms with Gasteiger partial charge in [-0.2, -0.15) is 5.10 Å². The SMILES string of the molecule is Cc1cc(N2CCC(=O)C2C2CCN(C(=O)c3cc(-c4cccnc4)n(-c4cc(F)c(F)c(F)c4)n3)CC2)ccc1F. The van der Waals surface area contributed by atoms with Crippen molar-refractivity contribution in [3.8, 4) is 16.9 Å². The van der Waals surface area contributed by atoms with Crippen LogP contribution in [0.2, 0.25) is 0 Å². The van der Waals surface area contributed by atoms with Crippen LogP contribution in [0.25, 0.3) is 16.9 Å². The molecule has 2 aromatic carbocycles. The summed E-state index contributed by atoms with van der Waals surface area (Å²) >= 11 is 0. The van der Waals surface area contributed by atoms with Gasteiger partial charge in [-0.3, -0.25) is 14.6 Å². The number of aryl methyl sites for hydroxylation is 1. The van der Waals surface area contributed by atoms with E-state index in [2.05, 4.69) is 10.1 Å². The first-order valence-corrected chi connectivity index (χ1v) is 13.7. The van der Waals surface area contributed by atoms with E-state index in [1.807, 2.05) is 4.90 Å². The summed E-state index contributed by atoms with van der Waals surface area (Å²) in [6, 6.07) is 11.1. The number of ketones is 1. The average molecular weight is 578 g/mol. The second-order valence-corrected chi connectivity index (χ2v) is 10.7. The molecule has 0 saturated carbocycles.